The predicted molar refractivity (Wildman–Crippen MR) is 86.2 cm³/mol. The van der Waals surface area contributed by atoms with Crippen LogP contribution in [-0.2, 0) is 0 Å². The molecule has 108 valence electrons. The van der Waals surface area contributed by atoms with Gasteiger partial charge in [-0.2, -0.15) is 5.26 Å². The van der Waals surface area contributed by atoms with E-state index in [4.69, 9.17) is 16.9 Å². The first kappa shape index (κ1) is 15.7. The molecule has 1 unspecified atom stereocenters. The molecule has 0 radical (unpaired) electrons. The van der Waals surface area contributed by atoms with Crippen molar-refractivity contribution in [3.05, 3.63) is 28.8 Å². The van der Waals surface area contributed by atoms with Gasteiger partial charge in [0.05, 0.1) is 6.07 Å². The monoisotopic (exact) mass is 308 g/mol. The maximum absolute atomic E-state index is 8.72. The number of thioether (sulfide) groups is 1. The highest BCUT2D eigenvalue weighted by Gasteiger charge is 2.24. The number of fused-ring (bicyclic) bond motifs is 1. The van der Waals surface area contributed by atoms with Gasteiger partial charge in [-0.3, -0.25) is 0 Å². The summed E-state index contributed by atoms with van der Waals surface area (Å²) in [7, 11) is 0. The third-order valence-corrected chi connectivity index (χ3v) is 5.11. The molecule has 1 aliphatic rings. The third-order valence-electron chi connectivity index (χ3n) is 3.75. The SMILES string of the molecule is CC(C)(CCC#N)CNC1CCSc2ccc(Cl)cc21. The summed E-state index contributed by atoms with van der Waals surface area (Å²) in [6, 6.07) is 8.79. The van der Waals surface area contributed by atoms with Gasteiger partial charge >= 0.3 is 0 Å². The smallest absolute Gasteiger partial charge is 0.0621 e. The van der Waals surface area contributed by atoms with E-state index in [-0.39, 0.29) is 5.41 Å². The van der Waals surface area contributed by atoms with Crippen molar-refractivity contribution in [3.8, 4) is 6.07 Å². The van der Waals surface area contributed by atoms with Crippen molar-refractivity contribution in [2.24, 2.45) is 5.41 Å². The molecule has 0 spiro atoms. The van der Waals surface area contributed by atoms with Crippen LogP contribution < -0.4 is 5.32 Å². The van der Waals surface area contributed by atoms with Crippen molar-refractivity contribution >= 4 is 23.4 Å². The summed E-state index contributed by atoms with van der Waals surface area (Å²) in [5.74, 6) is 1.14. The van der Waals surface area contributed by atoms with Gasteiger partial charge in [0.2, 0.25) is 0 Å². The van der Waals surface area contributed by atoms with Crippen LogP contribution in [0, 0.1) is 16.7 Å². The Balaban J connectivity index is 2.02. The second-order valence-electron chi connectivity index (χ2n) is 6.08. The second kappa shape index (κ2) is 6.85. The molecule has 0 bridgehead atoms. The lowest BCUT2D eigenvalue weighted by atomic mass is 9.87. The molecule has 2 rings (SSSR count). The van der Waals surface area contributed by atoms with E-state index in [9.17, 15) is 0 Å². The van der Waals surface area contributed by atoms with Crippen LogP contribution in [0.3, 0.4) is 0 Å². The number of hydrogen-bond acceptors (Lipinski definition) is 3. The molecule has 2 nitrogen and oxygen atoms in total. The molecule has 4 heteroatoms. The van der Waals surface area contributed by atoms with Gasteiger partial charge in [-0.25, -0.2) is 0 Å². The van der Waals surface area contributed by atoms with Crippen LogP contribution in [0.25, 0.3) is 0 Å². The third kappa shape index (κ3) is 4.15. The summed E-state index contributed by atoms with van der Waals surface area (Å²) >= 11 is 8.03. The summed E-state index contributed by atoms with van der Waals surface area (Å²) in [5, 5.41) is 13.2. The first-order chi connectivity index (χ1) is 9.52. The number of rotatable bonds is 5. The van der Waals surface area contributed by atoms with Crippen molar-refractivity contribution in [1.29, 1.82) is 5.26 Å². The van der Waals surface area contributed by atoms with Crippen LogP contribution in [0.5, 0.6) is 0 Å². The molecule has 0 saturated heterocycles. The molecule has 20 heavy (non-hydrogen) atoms. The maximum Gasteiger partial charge on any atom is 0.0621 e. The van der Waals surface area contributed by atoms with Crippen LogP contribution in [0.1, 0.15) is 44.7 Å². The number of nitrogens with zero attached hydrogens (tertiary/aromatic N) is 1. The highest BCUT2D eigenvalue weighted by atomic mass is 35.5. The van der Waals surface area contributed by atoms with Crippen molar-refractivity contribution in [2.75, 3.05) is 12.3 Å². The van der Waals surface area contributed by atoms with E-state index in [0.717, 1.165) is 30.2 Å². The Morgan fingerprint density at radius 2 is 2.30 bits per heavy atom. The Bertz CT molecular complexity index is 508. The molecule has 1 aromatic rings. The molecule has 1 aromatic carbocycles. The average molecular weight is 309 g/mol. The molecule has 0 saturated carbocycles. The van der Waals surface area contributed by atoms with E-state index >= 15 is 0 Å². The topological polar surface area (TPSA) is 35.8 Å². The Morgan fingerprint density at radius 3 is 3.05 bits per heavy atom. The Hall–Kier alpha value is -0.690. The summed E-state index contributed by atoms with van der Waals surface area (Å²) in [4.78, 5) is 1.34. The fraction of sp³-hybridized carbons (Fsp3) is 0.562. The predicted octanol–water partition coefficient (Wildman–Crippen LogP) is 4.80. The van der Waals surface area contributed by atoms with Crippen LogP contribution in [0.15, 0.2) is 23.1 Å². The van der Waals surface area contributed by atoms with E-state index in [1.165, 1.54) is 10.5 Å². The zero-order valence-electron chi connectivity index (χ0n) is 12.1. The number of nitriles is 1. The normalized spacial score (nSPS) is 18.4. The number of halogens is 1. The Kier molecular flexibility index (Phi) is 5.37. The van der Waals surface area contributed by atoms with Gasteiger partial charge in [0, 0.05) is 28.9 Å². The standard InChI is InChI=1S/C16H21ClN2S/c1-16(2,7-3-8-18)11-19-14-6-9-20-15-5-4-12(17)10-13(14)15/h4-5,10,14,19H,3,6-7,9,11H2,1-2H3. The number of hydrogen-bond donors (Lipinski definition) is 1. The Morgan fingerprint density at radius 1 is 1.50 bits per heavy atom. The van der Waals surface area contributed by atoms with Gasteiger partial charge in [-0.05, 0) is 47.8 Å². The van der Waals surface area contributed by atoms with Crippen molar-refractivity contribution < 1.29 is 0 Å². The van der Waals surface area contributed by atoms with Crippen molar-refractivity contribution in [1.82, 2.24) is 5.32 Å². The van der Waals surface area contributed by atoms with Gasteiger partial charge < -0.3 is 5.32 Å². The van der Waals surface area contributed by atoms with Gasteiger partial charge in [-0.15, -0.1) is 11.8 Å². The van der Waals surface area contributed by atoms with E-state index in [2.05, 4.69) is 37.4 Å². The number of benzene rings is 1. The molecular formula is C16H21ClN2S. The quantitative estimate of drug-likeness (QED) is 0.849. The van der Waals surface area contributed by atoms with Crippen molar-refractivity contribution in [3.63, 3.8) is 0 Å². The minimum Gasteiger partial charge on any atom is -0.309 e. The first-order valence-electron chi connectivity index (χ1n) is 7.04. The summed E-state index contributed by atoms with van der Waals surface area (Å²) in [6.45, 7) is 5.36. The van der Waals surface area contributed by atoms with Gasteiger partial charge in [0.15, 0.2) is 0 Å². The molecule has 1 heterocycles. The van der Waals surface area contributed by atoms with Crippen LogP contribution in [0.4, 0.5) is 0 Å². The molecule has 1 atom stereocenters. The molecule has 1 N–H and O–H groups in total. The van der Waals surface area contributed by atoms with Gasteiger partial charge in [0.25, 0.3) is 0 Å². The fourth-order valence-corrected chi connectivity index (χ4v) is 3.75. The summed E-state index contributed by atoms with van der Waals surface area (Å²) in [5.41, 5.74) is 1.48. The highest BCUT2D eigenvalue weighted by Crippen LogP contribution is 2.38. The van der Waals surface area contributed by atoms with E-state index in [1.807, 2.05) is 17.8 Å². The number of nitrogens with one attached hydrogen (secondary N) is 1. The Labute approximate surface area is 130 Å². The maximum atomic E-state index is 8.72. The lowest BCUT2D eigenvalue weighted by Gasteiger charge is -2.31. The van der Waals surface area contributed by atoms with Crippen LogP contribution in [-0.4, -0.2) is 12.3 Å². The average Bonchev–Trinajstić information content (AvgIpc) is 2.43. The van der Waals surface area contributed by atoms with Crippen LogP contribution in [0.2, 0.25) is 5.02 Å². The zero-order valence-corrected chi connectivity index (χ0v) is 13.7. The van der Waals surface area contributed by atoms with E-state index < -0.39 is 0 Å². The largest absolute Gasteiger partial charge is 0.309 e. The molecule has 0 fully saturated rings. The molecule has 0 aromatic heterocycles. The van der Waals surface area contributed by atoms with Gasteiger partial charge in [-0.1, -0.05) is 25.4 Å². The summed E-state index contributed by atoms with van der Waals surface area (Å²) in [6.07, 6.45) is 2.68. The van der Waals surface area contributed by atoms with E-state index in [0.29, 0.717) is 12.5 Å². The van der Waals surface area contributed by atoms with Gasteiger partial charge in [0.1, 0.15) is 0 Å². The fourth-order valence-electron chi connectivity index (χ4n) is 2.46. The van der Waals surface area contributed by atoms with E-state index in [1.54, 1.807) is 0 Å². The summed E-state index contributed by atoms with van der Waals surface area (Å²) < 4.78 is 0. The first-order valence-corrected chi connectivity index (χ1v) is 8.41. The highest BCUT2D eigenvalue weighted by molar-refractivity contribution is 7.99. The van der Waals surface area contributed by atoms with Crippen molar-refractivity contribution in [2.45, 2.75) is 44.0 Å². The molecule has 1 aliphatic heterocycles. The lowest BCUT2D eigenvalue weighted by molar-refractivity contribution is 0.297. The second-order valence-corrected chi connectivity index (χ2v) is 7.65. The minimum absolute atomic E-state index is 0.152. The molecule has 0 aliphatic carbocycles. The lowest BCUT2D eigenvalue weighted by Crippen LogP contribution is -2.33. The molecular weight excluding hydrogens is 288 g/mol. The zero-order chi connectivity index (χ0) is 14.6. The van der Waals surface area contributed by atoms with Crippen LogP contribution >= 0.6 is 23.4 Å². The molecule has 0 amide bonds. The minimum atomic E-state index is 0.152.